The van der Waals surface area contributed by atoms with Crippen LogP contribution in [0.1, 0.15) is 0 Å². The Morgan fingerprint density at radius 2 is 1.90 bits per heavy atom. The molecule has 0 spiro atoms. The Morgan fingerprint density at radius 1 is 1.05 bits per heavy atom. The van der Waals surface area contributed by atoms with Gasteiger partial charge >= 0.3 is 0 Å². The topological polar surface area (TPSA) is 74.7 Å². The number of benzene rings is 2. The Labute approximate surface area is 117 Å². The fourth-order valence-corrected chi connectivity index (χ4v) is 3.56. The molecule has 0 aliphatic heterocycles. The lowest BCUT2D eigenvalue weighted by atomic mass is 10.1. The number of aromatic nitrogens is 2. The second-order valence-electron chi connectivity index (χ2n) is 4.72. The summed E-state index contributed by atoms with van der Waals surface area (Å²) in [7, 11) is 0. The summed E-state index contributed by atoms with van der Waals surface area (Å²) in [6, 6.07) is 13.9. The smallest absolute Gasteiger partial charge is 0.271 e. The first-order valence-corrected chi connectivity index (χ1v) is 7.03. The molecule has 0 radical (unpaired) electrons. The summed E-state index contributed by atoms with van der Waals surface area (Å²) in [6.45, 7) is 0. The molecule has 0 aliphatic rings. The number of nitrogens with two attached hydrogens (primary N) is 1. The van der Waals surface area contributed by atoms with E-state index in [1.54, 1.807) is 17.4 Å². The fraction of sp³-hybridized carbons (Fsp3) is 0. The van der Waals surface area contributed by atoms with Gasteiger partial charge in [0.1, 0.15) is 0 Å². The molecule has 0 saturated carbocycles. The predicted molar refractivity (Wildman–Crippen MR) is 84.2 cm³/mol. The van der Waals surface area contributed by atoms with E-state index in [2.05, 4.69) is 28.4 Å². The molecule has 0 fully saturated rings. The number of nitrogens with one attached hydrogen (secondary N) is 2. The van der Waals surface area contributed by atoms with Gasteiger partial charge in [0, 0.05) is 20.8 Å². The molecule has 98 valence electrons. The number of aromatic amines is 2. The standard InChI is InChI=1S/C15H11N3OS/c16-9-6-10(14-11(7-9)15(19)18-17-14)13-5-8-3-1-2-4-12(8)20-13/h1-7H,16H2,(H2,17,18,19). The molecule has 4 nitrogen and oxygen atoms in total. The predicted octanol–water partition coefficient (Wildman–Crippen LogP) is 3.32. The molecule has 0 unspecified atom stereocenters. The van der Waals surface area contributed by atoms with Crippen LogP contribution in [-0.4, -0.2) is 10.2 Å². The number of anilines is 1. The van der Waals surface area contributed by atoms with Gasteiger partial charge in [0.25, 0.3) is 5.56 Å². The molecule has 0 saturated heterocycles. The van der Waals surface area contributed by atoms with Gasteiger partial charge in [0.2, 0.25) is 0 Å². The molecule has 4 N–H and O–H groups in total. The Hall–Kier alpha value is -2.53. The van der Waals surface area contributed by atoms with E-state index >= 15 is 0 Å². The van der Waals surface area contributed by atoms with Gasteiger partial charge in [-0.25, -0.2) is 0 Å². The lowest BCUT2D eigenvalue weighted by Crippen LogP contribution is -1.98. The van der Waals surface area contributed by atoms with Crippen LogP contribution in [0.4, 0.5) is 5.69 Å². The van der Waals surface area contributed by atoms with Crippen molar-refractivity contribution < 1.29 is 0 Å². The van der Waals surface area contributed by atoms with Crippen LogP contribution in [-0.2, 0) is 0 Å². The summed E-state index contributed by atoms with van der Waals surface area (Å²) in [5.41, 5.74) is 8.13. The number of nitrogen functional groups attached to an aromatic ring is 1. The first kappa shape index (κ1) is 11.3. The number of hydrogen-bond acceptors (Lipinski definition) is 3. The highest BCUT2D eigenvalue weighted by molar-refractivity contribution is 7.22. The number of hydrogen-bond donors (Lipinski definition) is 3. The van der Waals surface area contributed by atoms with Crippen LogP contribution < -0.4 is 11.3 Å². The Morgan fingerprint density at radius 3 is 2.75 bits per heavy atom. The van der Waals surface area contributed by atoms with Gasteiger partial charge in [-0.15, -0.1) is 11.3 Å². The minimum atomic E-state index is -0.144. The zero-order valence-corrected chi connectivity index (χ0v) is 11.3. The lowest BCUT2D eigenvalue weighted by Gasteiger charge is -2.01. The molecule has 0 atom stereocenters. The number of H-pyrrole nitrogens is 2. The SMILES string of the molecule is Nc1cc(-c2cc3ccccc3s2)c2[nH][nH]c(=O)c2c1. The van der Waals surface area contributed by atoms with Crippen molar-refractivity contribution in [3.05, 3.63) is 52.8 Å². The molecule has 2 heterocycles. The fourth-order valence-electron chi connectivity index (χ4n) is 2.47. The van der Waals surface area contributed by atoms with Gasteiger partial charge in [-0.2, -0.15) is 0 Å². The van der Waals surface area contributed by atoms with Gasteiger partial charge in [0.05, 0.1) is 10.9 Å². The van der Waals surface area contributed by atoms with E-state index in [1.807, 2.05) is 18.2 Å². The molecule has 2 aromatic carbocycles. The van der Waals surface area contributed by atoms with Gasteiger partial charge in [-0.05, 0) is 29.7 Å². The largest absolute Gasteiger partial charge is 0.399 e. The van der Waals surface area contributed by atoms with Crippen molar-refractivity contribution in [3.63, 3.8) is 0 Å². The number of rotatable bonds is 1. The van der Waals surface area contributed by atoms with Crippen molar-refractivity contribution in [2.45, 2.75) is 0 Å². The third kappa shape index (κ3) is 1.57. The Balaban J connectivity index is 2.08. The highest BCUT2D eigenvalue weighted by Crippen LogP contribution is 2.36. The van der Waals surface area contributed by atoms with Crippen molar-refractivity contribution in [1.82, 2.24) is 10.2 Å². The second-order valence-corrected chi connectivity index (χ2v) is 5.80. The van der Waals surface area contributed by atoms with Crippen LogP contribution in [0.2, 0.25) is 0 Å². The van der Waals surface area contributed by atoms with Crippen molar-refractivity contribution >= 4 is 38.0 Å². The normalized spacial score (nSPS) is 11.4. The lowest BCUT2D eigenvalue weighted by molar-refractivity contribution is 1.08. The van der Waals surface area contributed by atoms with Crippen LogP contribution in [0.3, 0.4) is 0 Å². The average Bonchev–Trinajstić information content (AvgIpc) is 3.02. The molecule has 4 rings (SSSR count). The van der Waals surface area contributed by atoms with Crippen molar-refractivity contribution in [2.75, 3.05) is 5.73 Å². The molecular weight excluding hydrogens is 270 g/mol. The summed E-state index contributed by atoms with van der Waals surface area (Å²) in [5.74, 6) is 0. The monoisotopic (exact) mass is 281 g/mol. The summed E-state index contributed by atoms with van der Waals surface area (Å²) in [4.78, 5) is 12.8. The van der Waals surface area contributed by atoms with E-state index in [0.717, 1.165) is 16.0 Å². The number of thiophene rings is 1. The third-order valence-electron chi connectivity index (χ3n) is 3.40. The average molecular weight is 281 g/mol. The van der Waals surface area contributed by atoms with E-state index in [1.165, 1.54) is 10.1 Å². The highest BCUT2D eigenvalue weighted by atomic mass is 32.1. The highest BCUT2D eigenvalue weighted by Gasteiger charge is 2.12. The maximum Gasteiger partial charge on any atom is 0.271 e. The quantitative estimate of drug-likeness (QED) is 0.468. The first-order chi connectivity index (χ1) is 9.72. The van der Waals surface area contributed by atoms with Gasteiger partial charge < -0.3 is 5.73 Å². The minimum Gasteiger partial charge on any atom is -0.399 e. The van der Waals surface area contributed by atoms with Crippen LogP contribution in [0.15, 0.2) is 47.3 Å². The van der Waals surface area contributed by atoms with E-state index in [9.17, 15) is 4.79 Å². The zero-order valence-electron chi connectivity index (χ0n) is 10.4. The van der Waals surface area contributed by atoms with E-state index in [-0.39, 0.29) is 5.56 Å². The third-order valence-corrected chi connectivity index (χ3v) is 4.55. The van der Waals surface area contributed by atoms with Crippen LogP contribution >= 0.6 is 11.3 Å². The molecular formula is C15H11N3OS. The molecule has 20 heavy (non-hydrogen) atoms. The molecule has 5 heteroatoms. The van der Waals surface area contributed by atoms with Crippen LogP contribution in [0.5, 0.6) is 0 Å². The summed E-state index contributed by atoms with van der Waals surface area (Å²) < 4.78 is 1.22. The van der Waals surface area contributed by atoms with Gasteiger partial charge in [0.15, 0.2) is 0 Å². The van der Waals surface area contributed by atoms with E-state index < -0.39 is 0 Å². The van der Waals surface area contributed by atoms with Crippen LogP contribution in [0, 0.1) is 0 Å². The minimum absolute atomic E-state index is 0.144. The Bertz CT molecular complexity index is 960. The second kappa shape index (κ2) is 3.98. The molecule has 0 aliphatic carbocycles. The van der Waals surface area contributed by atoms with Gasteiger partial charge in [-0.3, -0.25) is 15.0 Å². The molecule has 0 bridgehead atoms. The van der Waals surface area contributed by atoms with Crippen LogP contribution in [0.25, 0.3) is 31.4 Å². The van der Waals surface area contributed by atoms with Crippen molar-refractivity contribution in [1.29, 1.82) is 0 Å². The van der Waals surface area contributed by atoms with Gasteiger partial charge in [-0.1, -0.05) is 18.2 Å². The summed E-state index contributed by atoms with van der Waals surface area (Å²) in [6.07, 6.45) is 0. The summed E-state index contributed by atoms with van der Waals surface area (Å²) in [5, 5.41) is 7.35. The maximum absolute atomic E-state index is 11.7. The van der Waals surface area contributed by atoms with Crippen molar-refractivity contribution in [3.8, 4) is 10.4 Å². The first-order valence-electron chi connectivity index (χ1n) is 6.21. The van der Waals surface area contributed by atoms with E-state index in [4.69, 9.17) is 5.73 Å². The number of fused-ring (bicyclic) bond motifs is 2. The Kier molecular flexibility index (Phi) is 2.25. The maximum atomic E-state index is 11.7. The van der Waals surface area contributed by atoms with Crippen molar-refractivity contribution in [2.24, 2.45) is 0 Å². The summed E-state index contributed by atoms with van der Waals surface area (Å²) >= 11 is 1.69. The molecule has 2 aromatic heterocycles. The molecule has 0 amide bonds. The molecule has 4 aromatic rings. The van der Waals surface area contributed by atoms with E-state index in [0.29, 0.717) is 11.1 Å². The zero-order chi connectivity index (χ0) is 13.7.